The molecule has 0 bridgehead atoms. The highest BCUT2D eigenvalue weighted by Crippen LogP contribution is 2.35. The molecular weight excluding hydrogens is 218 g/mol. The van der Waals surface area contributed by atoms with Gasteiger partial charge in [0.15, 0.2) is 0 Å². The van der Waals surface area contributed by atoms with E-state index in [4.69, 9.17) is 4.74 Å². The molecule has 2 aliphatic rings. The smallest absolute Gasteiger partial charge is 0.228 e. The molecule has 0 saturated carbocycles. The van der Waals surface area contributed by atoms with Crippen molar-refractivity contribution in [2.24, 2.45) is 11.8 Å². The SMILES string of the molecule is CC1OC(C)C(C(=O)N2CCCC2CO)C1C. The lowest BCUT2D eigenvalue weighted by Gasteiger charge is -2.28. The van der Waals surface area contributed by atoms with E-state index in [1.54, 1.807) is 0 Å². The van der Waals surface area contributed by atoms with Gasteiger partial charge < -0.3 is 14.7 Å². The highest BCUT2D eigenvalue weighted by atomic mass is 16.5. The Labute approximate surface area is 103 Å². The van der Waals surface area contributed by atoms with Crippen molar-refractivity contribution in [1.82, 2.24) is 4.90 Å². The molecule has 2 heterocycles. The topological polar surface area (TPSA) is 49.8 Å². The molecule has 1 amide bonds. The minimum atomic E-state index is -0.0443. The molecule has 0 radical (unpaired) electrons. The van der Waals surface area contributed by atoms with Gasteiger partial charge in [-0.1, -0.05) is 6.92 Å². The molecule has 17 heavy (non-hydrogen) atoms. The van der Waals surface area contributed by atoms with Crippen LogP contribution in [0, 0.1) is 11.8 Å². The average molecular weight is 241 g/mol. The summed E-state index contributed by atoms with van der Waals surface area (Å²) in [6.07, 6.45) is 2.07. The Hall–Kier alpha value is -0.610. The van der Waals surface area contributed by atoms with Gasteiger partial charge in [-0.3, -0.25) is 4.79 Å². The van der Waals surface area contributed by atoms with E-state index in [1.165, 1.54) is 0 Å². The molecule has 5 unspecified atom stereocenters. The Balaban J connectivity index is 2.09. The van der Waals surface area contributed by atoms with Crippen LogP contribution in [0.25, 0.3) is 0 Å². The molecule has 1 N–H and O–H groups in total. The first-order valence-corrected chi connectivity index (χ1v) is 6.63. The highest BCUT2D eigenvalue weighted by Gasteiger charge is 2.45. The quantitative estimate of drug-likeness (QED) is 0.785. The predicted molar refractivity (Wildman–Crippen MR) is 64.5 cm³/mol. The number of amides is 1. The van der Waals surface area contributed by atoms with Gasteiger partial charge in [-0.15, -0.1) is 0 Å². The van der Waals surface area contributed by atoms with Gasteiger partial charge >= 0.3 is 0 Å². The maximum atomic E-state index is 12.5. The van der Waals surface area contributed by atoms with E-state index < -0.39 is 0 Å². The van der Waals surface area contributed by atoms with Crippen LogP contribution in [0.1, 0.15) is 33.6 Å². The summed E-state index contributed by atoms with van der Waals surface area (Å²) >= 11 is 0. The van der Waals surface area contributed by atoms with Crippen molar-refractivity contribution in [3.63, 3.8) is 0 Å². The Morgan fingerprint density at radius 3 is 2.59 bits per heavy atom. The van der Waals surface area contributed by atoms with E-state index in [9.17, 15) is 9.90 Å². The number of ether oxygens (including phenoxy) is 1. The minimum absolute atomic E-state index is 0.00700. The average Bonchev–Trinajstić information content (AvgIpc) is 2.84. The Kier molecular flexibility index (Phi) is 3.73. The van der Waals surface area contributed by atoms with Crippen LogP contribution >= 0.6 is 0 Å². The van der Waals surface area contributed by atoms with E-state index in [1.807, 2.05) is 18.7 Å². The summed E-state index contributed by atoms with van der Waals surface area (Å²) in [6.45, 7) is 6.96. The first kappa shape index (κ1) is 12.8. The predicted octanol–water partition coefficient (Wildman–Crippen LogP) is 1.03. The molecule has 2 saturated heterocycles. The van der Waals surface area contributed by atoms with Gasteiger partial charge in [-0.25, -0.2) is 0 Å². The van der Waals surface area contributed by atoms with Gasteiger partial charge in [0.25, 0.3) is 0 Å². The van der Waals surface area contributed by atoms with Gasteiger partial charge in [0.2, 0.25) is 5.91 Å². The first-order valence-electron chi connectivity index (χ1n) is 6.63. The van der Waals surface area contributed by atoms with Crippen molar-refractivity contribution >= 4 is 5.91 Å². The number of carbonyl (C=O) groups is 1. The van der Waals surface area contributed by atoms with Crippen LogP contribution in [-0.4, -0.2) is 47.3 Å². The summed E-state index contributed by atoms with van der Waals surface area (Å²) in [5, 5.41) is 9.29. The first-order chi connectivity index (χ1) is 8.06. The molecule has 98 valence electrons. The van der Waals surface area contributed by atoms with E-state index >= 15 is 0 Å². The number of likely N-dealkylation sites (tertiary alicyclic amines) is 1. The Morgan fingerprint density at radius 2 is 2.06 bits per heavy atom. The summed E-state index contributed by atoms with van der Waals surface area (Å²) in [4.78, 5) is 14.4. The van der Waals surface area contributed by atoms with Crippen molar-refractivity contribution in [3.05, 3.63) is 0 Å². The molecule has 0 aromatic carbocycles. The van der Waals surface area contributed by atoms with Crippen LogP contribution in [0.5, 0.6) is 0 Å². The molecule has 0 aliphatic carbocycles. The lowest BCUT2D eigenvalue weighted by molar-refractivity contribution is -0.139. The fraction of sp³-hybridized carbons (Fsp3) is 0.923. The monoisotopic (exact) mass is 241 g/mol. The lowest BCUT2D eigenvalue weighted by Crippen LogP contribution is -2.44. The van der Waals surface area contributed by atoms with Crippen LogP contribution in [0.15, 0.2) is 0 Å². The number of rotatable bonds is 2. The molecule has 4 nitrogen and oxygen atoms in total. The third kappa shape index (κ3) is 2.20. The molecule has 0 aromatic heterocycles. The van der Waals surface area contributed by atoms with Gasteiger partial charge in [0.1, 0.15) is 0 Å². The van der Waals surface area contributed by atoms with Crippen molar-refractivity contribution in [3.8, 4) is 0 Å². The minimum Gasteiger partial charge on any atom is -0.394 e. The number of carbonyl (C=O) groups excluding carboxylic acids is 1. The van der Waals surface area contributed by atoms with Crippen LogP contribution < -0.4 is 0 Å². The summed E-state index contributed by atoms with van der Waals surface area (Å²) in [6, 6.07) is 0.0257. The second-order valence-corrected chi connectivity index (χ2v) is 5.44. The highest BCUT2D eigenvalue weighted by molar-refractivity contribution is 5.80. The molecule has 2 aliphatic heterocycles. The maximum Gasteiger partial charge on any atom is 0.228 e. The normalized spacial score (nSPS) is 42.1. The van der Waals surface area contributed by atoms with E-state index in [0.29, 0.717) is 0 Å². The molecule has 2 rings (SSSR count). The number of hydrogen-bond acceptors (Lipinski definition) is 3. The standard InChI is InChI=1S/C13H23NO3/c1-8-9(2)17-10(3)12(8)13(16)14-6-4-5-11(14)7-15/h8-12,15H,4-7H2,1-3H3. The summed E-state index contributed by atoms with van der Waals surface area (Å²) in [5.74, 6) is 0.389. The molecular formula is C13H23NO3. The molecule has 4 heteroatoms. The number of aliphatic hydroxyl groups is 1. The molecule has 2 fully saturated rings. The van der Waals surface area contributed by atoms with Crippen LogP contribution in [0.2, 0.25) is 0 Å². The van der Waals surface area contributed by atoms with Gasteiger partial charge in [0.05, 0.1) is 30.8 Å². The van der Waals surface area contributed by atoms with E-state index in [2.05, 4.69) is 6.92 Å². The maximum absolute atomic E-state index is 12.5. The second-order valence-electron chi connectivity index (χ2n) is 5.44. The number of nitrogens with zero attached hydrogens (tertiary/aromatic N) is 1. The summed E-state index contributed by atoms with van der Waals surface area (Å²) in [7, 11) is 0. The Bertz CT molecular complexity index is 294. The zero-order valence-electron chi connectivity index (χ0n) is 10.9. The molecule has 5 atom stereocenters. The zero-order valence-corrected chi connectivity index (χ0v) is 10.9. The molecule has 0 aromatic rings. The fourth-order valence-electron chi connectivity index (χ4n) is 3.20. The van der Waals surface area contributed by atoms with Crippen molar-refractivity contribution in [1.29, 1.82) is 0 Å². The number of hydrogen-bond donors (Lipinski definition) is 1. The van der Waals surface area contributed by atoms with Crippen molar-refractivity contribution in [2.45, 2.75) is 51.9 Å². The van der Waals surface area contributed by atoms with Crippen LogP contribution in [-0.2, 0) is 9.53 Å². The van der Waals surface area contributed by atoms with Crippen molar-refractivity contribution < 1.29 is 14.6 Å². The van der Waals surface area contributed by atoms with Gasteiger partial charge in [-0.2, -0.15) is 0 Å². The van der Waals surface area contributed by atoms with Crippen LogP contribution in [0.4, 0.5) is 0 Å². The van der Waals surface area contributed by atoms with E-state index in [-0.39, 0.29) is 42.6 Å². The van der Waals surface area contributed by atoms with E-state index in [0.717, 1.165) is 19.4 Å². The zero-order chi connectivity index (χ0) is 12.6. The Morgan fingerprint density at radius 1 is 1.35 bits per heavy atom. The van der Waals surface area contributed by atoms with Crippen LogP contribution in [0.3, 0.4) is 0 Å². The van der Waals surface area contributed by atoms with Gasteiger partial charge in [-0.05, 0) is 32.6 Å². The van der Waals surface area contributed by atoms with Gasteiger partial charge in [0, 0.05) is 6.54 Å². The van der Waals surface area contributed by atoms with Crippen molar-refractivity contribution in [2.75, 3.05) is 13.2 Å². The third-order valence-corrected chi connectivity index (χ3v) is 4.40. The fourth-order valence-corrected chi connectivity index (χ4v) is 3.20. The lowest BCUT2D eigenvalue weighted by atomic mass is 9.88. The third-order valence-electron chi connectivity index (χ3n) is 4.40. The molecule has 0 spiro atoms. The second kappa shape index (κ2) is 4.94. The summed E-state index contributed by atoms with van der Waals surface area (Å²) < 4.78 is 5.73. The number of aliphatic hydroxyl groups excluding tert-OH is 1. The summed E-state index contributed by atoms with van der Waals surface area (Å²) in [5.41, 5.74) is 0. The largest absolute Gasteiger partial charge is 0.394 e.